The Morgan fingerprint density at radius 3 is 3.12 bits per heavy atom. The molecule has 1 aromatic heterocycles. The molecule has 6 heteroatoms. The van der Waals surface area contributed by atoms with Gasteiger partial charge in [0.15, 0.2) is 0 Å². The van der Waals surface area contributed by atoms with Gasteiger partial charge in [-0.1, -0.05) is 0 Å². The fraction of sp³-hybridized carbons (Fsp3) is 0.545. The van der Waals surface area contributed by atoms with Crippen molar-refractivity contribution in [3.8, 4) is 0 Å². The van der Waals surface area contributed by atoms with E-state index in [1.165, 1.54) is 12.4 Å². The van der Waals surface area contributed by atoms with Gasteiger partial charge in [-0.2, -0.15) is 0 Å². The number of rotatable bonds is 3. The predicted molar refractivity (Wildman–Crippen MR) is 62.4 cm³/mol. The maximum atomic E-state index is 11.7. The van der Waals surface area contributed by atoms with Crippen LogP contribution in [-0.4, -0.2) is 35.1 Å². The molecule has 17 heavy (non-hydrogen) atoms. The number of ether oxygens (including phenoxy) is 1. The van der Waals surface area contributed by atoms with Crippen LogP contribution in [-0.2, 0) is 4.74 Å². The van der Waals surface area contributed by atoms with Crippen molar-refractivity contribution in [1.82, 2.24) is 15.3 Å². The number of nitrogens with one attached hydrogen (secondary N) is 1. The minimum Gasteiger partial charge on any atom is -0.382 e. The monoisotopic (exact) mass is 236 g/mol. The summed E-state index contributed by atoms with van der Waals surface area (Å²) in [5.41, 5.74) is 5.69. The lowest BCUT2D eigenvalue weighted by atomic mass is 10.1. The van der Waals surface area contributed by atoms with Crippen molar-refractivity contribution in [3.63, 3.8) is 0 Å². The van der Waals surface area contributed by atoms with Crippen LogP contribution in [0.3, 0.4) is 0 Å². The van der Waals surface area contributed by atoms with Gasteiger partial charge in [0.1, 0.15) is 11.5 Å². The van der Waals surface area contributed by atoms with Crippen LogP contribution < -0.4 is 11.1 Å². The molecule has 0 saturated carbocycles. The molecule has 1 atom stereocenters. The summed E-state index contributed by atoms with van der Waals surface area (Å²) in [5.74, 6) is -0.0226. The van der Waals surface area contributed by atoms with Crippen molar-refractivity contribution in [2.24, 2.45) is 0 Å². The molecule has 2 heterocycles. The minimum atomic E-state index is -0.265. The average molecular weight is 236 g/mol. The molecule has 1 unspecified atom stereocenters. The van der Waals surface area contributed by atoms with E-state index in [0.717, 1.165) is 25.9 Å². The Balaban J connectivity index is 1.84. The lowest BCUT2D eigenvalue weighted by molar-refractivity contribution is 0.0168. The van der Waals surface area contributed by atoms with Crippen LogP contribution in [0.25, 0.3) is 0 Å². The first-order valence-corrected chi connectivity index (χ1v) is 5.73. The average Bonchev–Trinajstić information content (AvgIpc) is 2.37. The van der Waals surface area contributed by atoms with Crippen molar-refractivity contribution in [2.75, 3.05) is 18.9 Å². The Morgan fingerprint density at radius 2 is 2.41 bits per heavy atom. The topological polar surface area (TPSA) is 90.1 Å². The molecule has 1 aliphatic heterocycles. The fourth-order valence-corrected chi connectivity index (χ4v) is 1.76. The van der Waals surface area contributed by atoms with Crippen LogP contribution in [0.15, 0.2) is 12.4 Å². The maximum absolute atomic E-state index is 11.7. The van der Waals surface area contributed by atoms with Gasteiger partial charge in [0, 0.05) is 13.2 Å². The quantitative estimate of drug-likeness (QED) is 0.790. The molecule has 1 amide bonds. The molecular formula is C11H16N4O2. The first-order chi connectivity index (χ1) is 8.25. The van der Waals surface area contributed by atoms with Gasteiger partial charge in [-0.25, -0.2) is 4.98 Å². The van der Waals surface area contributed by atoms with Crippen LogP contribution in [0.1, 0.15) is 29.8 Å². The minimum absolute atomic E-state index is 0.113. The summed E-state index contributed by atoms with van der Waals surface area (Å²) in [6, 6.07) is 0. The lowest BCUT2D eigenvalue weighted by Gasteiger charge is -2.22. The van der Waals surface area contributed by atoms with Crippen molar-refractivity contribution in [3.05, 3.63) is 18.1 Å². The van der Waals surface area contributed by atoms with E-state index in [2.05, 4.69) is 15.3 Å². The normalized spacial score (nSPS) is 19.9. The van der Waals surface area contributed by atoms with E-state index in [9.17, 15) is 4.79 Å². The largest absolute Gasteiger partial charge is 0.382 e. The summed E-state index contributed by atoms with van der Waals surface area (Å²) in [6.07, 6.45) is 6.16. The van der Waals surface area contributed by atoms with E-state index in [4.69, 9.17) is 10.5 Å². The molecular weight excluding hydrogens is 220 g/mol. The summed E-state index contributed by atoms with van der Waals surface area (Å²) in [7, 11) is 0. The third kappa shape index (κ3) is 3.39. The van der Waals surface area contributed by atoms with Crippen LogP contribution in [0, 0.1) is 0 Å². The molecule has 0 aromatic carbocycles. The summed E-state index contributed by atoms with van der Waals surface area (Å²) in [5, 5.41) is 2.77. The molecule has 92 valence electrons. The highest BCUT2D eigenvalue weighted by Crippen LogP contribution is 2.11. The SMILES string of the molecule is Nc1cncc(C(=O)NCC2CCCCO2)n1. The molecule has 1 saturated heterocycles. The Hall–Kier alpha value is -1.69. The summed E-state index contributed by atoms with van der Waals surface area (Å²) < 4.78 is 5.51. The molecule has 0 aliphatic carbocycles. The van der Waals surface area contributed by atoms with Crippen molar-refractivity contribution in [1.29, 1.82) is 0 Å². The Morgan fingerprint density at radius 1 is 1.53 bits per heavy atom. The summed E-state index contributed by atoms with van der Waals surface area (Å²) in [4.78, 5) is 19.4. The van der Waals surface area contributed by atoms with Crippen molar-refractivity contribution in [2.45, 2.75) is 25.4 Å². The number of anilines is 1. The third-order valence-corrected chi connectivity index (χ3v) is 2.65. The smallest absolute Gasteiger partial charge is 0.271 e. The molecule has 1 aliphatic rings. The van der Waals surface area contributed by atoms with Crippen LogP contribution in [0.4, 0.5) is 5.82 Å². The maximum Gasteiger partial charge on any atom is 0.271 e. The second-order valence-electron chi connectivity index (χ2n) is 4.03. The lowest BCUT2D eigenvalue weighted by Crippen LogP contribution is -2.35. The van der Waals surface area contributed by atoms with Crippen LogP contribution >= 0.6 is 0 Å². The zero-order valence-corrected chi connectivity index (χ0v) is 9.56. The van der Waals surface area contributed by atoms with Crippen LogP contribution in [0.2, 0.25) is 0 Å². The Kier molecular flexibility index (Phi) is 3.87. The number of carbonyl (C=O) groups is 1. The van der Waals surface area contributed by atoms with Gasteiger partial charge in [-0.3, -0.25) is 9.78 Å². The van der Waals surface area contributed by atoms with E-state index < -0.39 is 0 Å². The molecule has 1 fully saturated rings. The summed E-state index contributed by atoms with van der Waals surface area (Å²) in [6.45, 7) is 1.29. The Bertz CT molecular complexity index is 391. The highest BCUT2D eigenvalue weighted by Gasteiger charge is 2.15. The van der Waals surface area contributed by atoms with Gasteiger partial charge in [-0.15, -0.1) is 0 Å². The molecule has 1 aromatic rings. The number of hydrogen-bond donors (Lipinski definition) is 2. The number of nitrogens with zero attached hydrogens (tertiary/aromatic N) is 2. The zero-order valence-electron chi connectivity index (χ0n) is 9.56. The molecule has 6 nitrogen and oxygen atoms in total. The highest BCUT2D eigenvalue weighted by molar-refractivity contribution is 5.92. The van der Waals surface area contributed by atoms with E-state index in [0.29, 0.717) is 6.54 Å². The second-order valence-corrected chi connectivity index (χ2v) is 4.03. The zero-order chi connectivity index (χ0) is 12.1. The number of nitrogens with two attached hydrogens (primary N) is 1. The van der Waals surface area contributed by atoms with Crippen molar-refractivity contribution >= 4 is 11.7 Å². The first-order valence-electron chi connectivity index (χ1n) is 5.73. The Labute approximate surface area is 99.6 Å². The van der Waals surface area contributed by atoms with E-state index >= 15 is 0 Å². The molecule has 0 radical (unpaired) electrons. The molecule has 0 spiro atoms. The number of nitrogen functional groups attached to an aromatic ring is 1. The third-order valence-electron chi connectivity index (χ3n) is 2.65. The van der Waals surface area contributed by atoms with E-state index in [1.54, 1.807) is 0 Å². The van der Waals surface area contributed by atoms with Crippen molar-refractivity contribution < 1.29 is 9.53 Å². The van der Waals surface area contributed by atoms with Gasteiger partial charge in [0.2, 0.25) is 0 Å². The fourth-order valence-electron chi connectivity index (χ4n) is 1.76. The number of aromatic nitrogens is 2. The standard InChI is InChI=1S/C11H16N4O2/c12-10-7-13-6-9(15-10)11(16)14-5-8-3-1-2-4-17-8/h6-8H,1-5H2,(H2,12,15)(H,14,16). The number of amides is 1. The highest BCUT2D eigenvalue weighted by atomic mass is 16.5. The van der Waals surface area contributed by atoms with Crippen LogP contribution in [0.5, 0.6) is 0 Å². The molecule has 3 N–H and O–H groups in total. The van der Waals surface area contributed by atoms with Gasteiger partial charge in [0.25, 0.3) is 5.91 Å². The van der Waals surface area contributed by atoms with E-state index in [1.807, 2.05) is 0 Å². The number of hydrogen-bond acceptors (Lipinski definition) is 5. The van der Waals surface area contributed by atoms with Gasteiger partial charge in [0.05, 0.1) is 18.5 Å². The summed E-state index contributed by atoms with van der Waals surface area (Å²) >= 11 is 0. The molecule has 0 bridgehead atoms. The first kappa shape index (κ1) is 11.8. The number of carbonyl (C=O) groups excluding carboxylic acids is 1. The molecule has 2 rings (SSSR count). The van der Waals surface area contributed by atoms with Gasteiger partial charge in [-0.05, 0) is 19.3 Å². The van der Waals surface area contributed by atoms with Gasteiger partial charge >= 0.3 is 0 Å². The van der Waals surface area contributed by atoms with E-state index in [-0.39, 0.29) is 23.5 Å². The second kappa shape index (κ2) is 5.58. The predicted octanol–water partition coefficient (Wildman–Crippen LogP) is 0.358. The van der Waals surface area contributed by atoms with Gasteiger partial charge < -0.3 is 15.8 Å².